The van der Waals surface area contributed by atoms with Crippen molar-refractivity contribution in [3.8, 4) is 0 Å². The third kappa shape index (κ3) is 6.57. The first-order chi connectivity index (χ1) is 5.48. The normalized spacial score (nSPS) is 12.3. The Labute approximate surface area is 74.8 Å². The molecule has 0 aliphatic heterocycles. The van der Waals surface area contributed by atoms with E-state index in [0.29, 0.717) is 18.7 Å². The Morgan fingerprint density at radius 1 is 1.25 bits per heavy atom. The van der Waals surface area contributed by atoms with Crippen molar-refractivity contribution in [2.75, 3.05) is 32.1 Å². The van der Waals surface area contributed by atoms with Crippen molar-refractivity contribution in [2.24, 2.45) is 0 Å². The fourth-order valence-corrected chi connectivity index (χ4v) is 2.07. The average molecular weight is 194 g/mol. The van der Waals surface area contributed by atoms with Crippen LogP contribution in [0.3, 0.4) is 0 Å². The Balaban J connectivity index is 3.62. The molecule has 0 aromatic heterocycles. The van der Waals surface area contributed by atoms with Gasteiger partial charge in [0.05, 0.1) is 5.75 Å². The largest absolute Gasteiger partial charge is 0.255 e. The number of hydrogen-bond donors (Lipinski definition) is 1. The Bertz CT molecular complexity index is 199. The number of nitrogens with one attached hydrogen (secondary N) is 1. The fourth-order valence-electron chi connectivity index (χ4n) is 0.838. The molecule has 0 bridgehead atoms. The molecular formula is C7H18N2O2S. The van der Waals surface area contributed by atoms with Crippen molar-refractivity contribution < 1.29 is 8.42 Å². The molecule has 0 fully saturated rings. The summed E-state index contributed by atoms with van der Waals surface area (Å²) >= 11 is 0. The average Bonchev–Trinajstić information content (AvgIpc) is 1.85. The predicted octanol–water partition coefficient (Wildman–Crippen LogP) is -0.123. The molecule has 1 N–H and O–H groups in total. The van der Waals surface area contributed by atoms with E-state index in [-0.39, 0.29) is 5.75 Å². The van der Waals surface area contributed by atoms with Crippen LogP contribution in [0.4, 0.5) is 0 Å². The van der Waals surface area contributed by atoms with Crippen LogP contribution in [0.25, 0.3) is 0 Å². The molecule has 0 saturated heterocycles. The topological polar surface area (TPSA) is 49.4 Å². The van der Waals surface area contributed by atoms with E-state index in [1.54, 1.807) is 5.01 Å². The Kier molecular flexibility index (Phi) is 5.44. The lowest BCUT2D eigenvalue weighted by Crippen LogP contribution is -2.34. The second kappa shape index (κ2) is 5.50. The Morgan fingerprint density at radius 3 is 2.25 bits per heavy atom. The van der Waals surface area contributed by atoms with E-state index >= 15 is 0 Å². The number of rotatable bonds is 6. The van der Waals surface area contributed by atoms with Gasteiger partial charge in [0.1, 0.15) is 0 Å². The quantitative estimate of drug-likeness (QED) is 0.599. The van der Waals surface area contributed by atoms with Crippen LogP contribution in [-0.4, -0.2) is 45.6 Å². The van der Waals surface area contributed by atoms with E-state index in [2.05, 4.69) is 5.43 Å². The van der Waals surface area contributed by atoms with E-state index in [0.717, 1.165) is 0 Å². The molecule has 0 aromatic rings. The number of nitrogens with zero attached hydrogens (tertiary/aromatic N) is 1. The summed E-state index contributed by atoms with van der Waals surface area (Å²) in [7, 11) is 0.863. The van der Waals surface area contributed by atoms with Crippen molar-refractivity contribution >= 4 is 9.84 Å². The zero-order valence-electron chi connectivity index (χ0n) is 8.00. The van der Waals surface area contributed by atoms with Gasteiger partial charge in [0, 0.05) is 26.4 Å². The molecule has 0 saturated carbocycles. The molecule has 74 valence electrons. The highest BCUT2D eigenvalue weighted by Gasteiger charge is 2.07. The van der Waals surface area contributed by atoms with Gasteiger partial charge in [0.25, 0.3) is 0 Å². The summed E-state index contributed by atoms with van der Waals surface area (Å²) in [5, 5.41) is 1.75. The molecule has 0 unspecified atom stereocenters. The van der Waals surface area contributed by atoms with Crippen LogP contribution in [0.1, 0.15) is 13.3 Å². The zero-order chi connectivity index (χ0) is 9.61. The first kappa shape index (κ1) is 11.9. The summed E-state index contributed by atoms with van der Waals surface area (Å²) in [4.78, 5) is 0. The second-order valence-electron chi connectivity index (χ2n) is 2.95. The van der Waals surface area contributed by atoms with Crippen molar-refractivity contribution in [1.29, 1.82) is 0 Å². The lowest BCUT2D eigenvalue weighted by molar-refractivity contribution is 0.299. The third-order valence-corrected chi connectivity index (χ3v) is 3.21. The number of hydrogen-bond acceptors (Lipinski definition) is 4. The maximum Gasteiger partial charge on any atom is 0.151 e. The monoisotopic (exact) mass is 194 g/mol. The van der Waals surface area contributed by atoms with Crippen LogP contribution in [0.15, 0.2) is 0 Å². The fraction of sp³-hybridized carbons (Fsp3) is 1.00. The van der Waals surface area contributed by atoms with Gasteiger partial charge in [-0.1, -0.05) is 6.92 Å². The molecule has 0 aliphatic carbocycles. The van der Waals surface area contributed by atoms with Gasteiger partial charge in [-0.2, -0.15) is 0 Å². The zero-order valence-corrected chi connectivity index (χ0v) is 8.82. The molecule has 0 radical (unpaired) electrons. The van der Waals surface area contributed by atoms with E-state index in [9.17, 15) is 8.42 Å². The van der Waals surface area contributed by atoms with Gasteiger partial charge >= 0.3 is 0 Å². The summed E-state index contributed by atoms with van der Waals surface area (Å²) in [5.74, 6) is 0.515. The molecule has 0 rings (SSSR count). The molecule has 0 aromatic carbocycles. The number of sulfone groups is 1. The van der Waals surface area contributed by atoms with E-state index < -0.39 is 9.84 Å². The third-order valence-electron chi connectivity index (χ3n) is 1.36. The Hall–Kier alpha value is -0.130. The van der Waals surface area contributed by atoms with Crippen LogP contribution in [0.5, 0.6) is 0 Å². The van der Waals surface area contributed by atoms with Crippen molar-refractivity contribution in [3.05, 3.63) is 0 Å². The molecule has 0 heterocycles. The van der Waals surface area contributed by atoms with Crippen molar-refractivity contribution in [1.82, 2.24) is 10.4 Å². The molecule has 12 heavy (non-hydrogen) atoms. The smallest absolute Gasteiger partial charge is 0.151 e. The van der Waals surface area contributed by atoms with E-state index in [1.165, 1.54) is 0 Å². The van der Waals surface area contributed by atoms with Crippen LogP contribution in [0, 0.1) is 0 Å². The maximum atomic E-state index is 11.2. The predicted molar refractivity (Wildman–Crippen MR) is 50.6 cm³/mol. The molecular weight excluding hydrogens is 176 g/mol. The second-order valence-corrected chi connectivity index (χ2v) is 5.26. The molecule has 0 aliphatic rings. The van der Waals surface area contributed by atoms with E-state index in [1.807, 2.05) is 21.0 Å². The minimum Gasteiger partial charge on any atom is -0.255 e. The molecule has 0 spiro atoms. The summed E-state index contributed by atoms with van der Waals surface area (Å²) in [6.07, 6.45) is 0.699. The standard InChI is InChI=1S/C7H18N2O2S/c1-4-6-12(10,11)7-5-8-9(2)3/h8H,4-7H2,1-3H3. The van der Waals surface area contributed by atoms with Crippen LogP contribution in [0.2, 0.25) is 0 Å². The van der Waals surface area contributed by atoms with Crippen molar-refractivity contribution in [2.45, 2.75) is 13.3 Å². The SMILES string of the molecule is CCCS(=O)(=O)CCNN(C)C. The highest BCUT2D eigenvalue weighted by molar-refractivity contribution is 7.91. The van der Waals surface area contributed by atoms with Gasteiger partial charge in [0.15, 0.2) is 9.84 Å². The maximum absolute atomic E-state index is 11.2. The molecule has 0 atom stereocenters. The summed E-state index contributed by atoms with van der Waals surface area (Å²) in [5.41, 5.74) is 2.91. The summed E-state index contributed by atoms with van der Waals surface area (Å²) < 4.78 is 22.3. The van der Waals surface area contributed by atoms with Gasteiger partial charge in [0.2, 0.25) is 0 Å². The van der Waals surface area contributed by atoms with Crippen molar-refractivity contribution in [3.63, 3.8) is 0 Å². The number of hydrazine groups is 1. The first-order valence-electron chi connectivity index (χ1n) is 4.09. The molecule has 4 nitrogen and oxygen atoms in total. The van der Waals surface area contributed by atoms with Gasteiger partial charge in [-0.3, -0.25) is 10.4 Å². The van der Waals surface area contributed by atoms with Gasteiger partial charge in [-0.15, -0.1) is 0 Å². The van der Waals surface area contributed by atoms with Gasteiger partial charge < -0.3 is 0 Å². The van der Waals surface area contributed by atoms with Crippen LogP contribution in [-0.2, 0) is 9.84 Å². The first-order valence-corrected chi connectivity index (χ1v) is 5.91. The minimum atomic E-state index is -2.82. The van der Waals surface area contributed by atoms with Crippen LogP contribution < -0.4 is 5.43 Å². The summed E-state index contributed by atoms with van der Waals surface area (Å²) in [6.45, 7) is 2.37. The van der Waals surface area contributed by atoms with E-state index in [4.69, 9.17) is 0 Å². The molecule has 5 heteroatoms. The van der Waals surface area contributed by atoms with Gasteiger partial charge in [-0.25, -0.2) is 8.42 Å². The van der Waals surface area contributed by atoms with Crippen LogP contribution >= 0.6 is 0 Å². The highest BCUT2D eigenvalue weighted by Crippen LogP contribution is 1.91. The van der Waals surface area contributed by atoms with Gasteiger partial charge in [-0.05, 0) is 6.42 Å². The summed E-state index contributed by atoms with van der Waals surface area (Å²) in [6, 6.07) is 0. The molecule has 0 amide bonds. The lowest BCUT2D eigenvalue weighted by Gasteiger charge is -2.11. The minimum absolute atomic E-state index is 0.221. The lowest BCUT2D eigenvalue weighted by atomic mass is 10.6. The highest BCUT2D eigenvalue weighted by atomic mass is 32.2. The Morgan fingerprint density at radius 2 is 1.83 bits per heavy atom.